The van der Waals surface area contributed by atoms with Crippen molar-refractivity contribution < 1.29 is 9.59 Å². The first-order valence-corrected chi connectivity index (χ1v) is 7.21. The summed E-state index contributed by atoms with van der Waals surface area (Å²) >= 11 is 0. The minimum Gasteiger partial charge on any atom is -0.342 e. The van der Waals surface area contributed by atoms with Crippen LogP contribution in [0.3, 0.4) is 0 Å². The average Bonchev–Trinajstić information content (AvgIpc) is 2.42. The molecule has 1 aromatic heterocycles. The van der Waals surface area contributed by atoms with Crippen LogP contribution in [0.15, 0.2) is 18.5 Å². The van der Waals surface area contributed by atoms with Gasteiger partial charge in [0, 0.05) is 12.4 Å². The molecule has 2 amide bonds. The van der Waals surface area contributed by atoms with Gasteiger partial charge in [0.05, 0.1) is 6.54 Å². The molecule has 2 atom stereocenters. The number of piperazine rings is 1. The molecule has 2 heterocycles. The molecule has 114 valence electrons. The number of aromatic nitrogens is 2. The number of hydrogen-bond acceptors (Lipinski definition) is 4. The first kappa shape index (κ1) is 15.4. The SMILES string of the molecule is CCC1C(=O)NC(C(C)(C)C)C(=O)N1Cc1ncccn1. The van der Waals surface area contributed by atoms with E-state index in [2.05, 4.69) is 15.3 Å². The van der Waals surface area contributed by atoms with Gasteiger partial charge in [-0.15, -0.1) is 0 Å². The molecule has 1 fully saturated rings. The Labute approximate surface area is 125 Å². The second-order valence-corrected chi connectivity index (χ2v) is 6.36. The topological polar surface area (TPSA) is 75.2 Å². The Hall–Kier alpha value is -1.98. The lowest BCUT2D eigenvalue weighted by molar-refractivity contribution is -0.153. The van der Waals surface area contributed by atoms with Gasteiger partial charge >= 0.3 is 0 Å². The maximum atomic E-state index is 12.7. The lowest BCUT2D eigenvalue weighted by Crippen LogP contribution is -2.66. The number of carbonyl (C=O) groups excluding carboxylic acids is 2. The third kappa shape index (κ3) is 3.20. The fourth-order valence-electron chi connectivity index (χ4n) is 2.51. The molecule has 6 heteroatoms. The van der Waals surface area contributed by atoms with Crippen molar-refractivity contribution in [2.24, 2.45) is 5.41 Å². The summed E-state index contributed by atoms with van der Waals surface area (Å²) in [6, 6.07) is 0.750. The molecule has 2 unspecified atom stereocenters. The Morgan fingerprint density at radius 1 is 1.24 bits per heavy atom. The number of nitrogens with one attached hydrogen (secondary N) is 1. The minimum atomic E-state index is -0.517. The molecule has 0 bridgehead atoms. The molecule has 1 N–H and O–H groups in total. The van der Waals surface area contributed by atoms with E-state index in [0.717, 1.165) is 0 Å². The van der Waals surface area contributed by atoms with Gasteiger partial charge in [0.2, 0.25) is 11.8 Å². The third-order valence-electron chi connectivity index (χ3n) is 3.68. The van der Waals surface area contributed by atoms with Crippen LogP contribution >= 0.6 is 0 Å². The number of nitrogens with zero attached hydrogens (tertiary/aromatic N) is 3. The molecule has 0 radical (unpaired) electrons. The zero-order valence-electron chi connectivity index (χ0n) is 13.0. The molecular weight excluding hydrogens is 268 g/mol. The summed E-state index contributed by atoms with van der Waals surface area (Å²) in [7, 11) is 0. The molecule has 0 aromatic carbocycles. The van der Waals surface area contributed by atoms with Crippen molar-refractivity contribution >= 4 is 11.8 Å². The summed E-state index contributed by atoms with van der Waals surface area (Å²) in [6.45, 7) is 7.99. The molecule has 0 aliphatic carbocycles. The molecule has 1 aliphatic heterocycles. The standard InChI is InChI=1S/C15H22N4O2/c1-5-10-13(20)18-12(15(2,3)4)14(21)19(10)9-11-16-7-6-8-17-11/h6-8,10,12H,5,9H2,1-4H3,(H,18,20). The van der Waals surface area contributed by atoms with Crippen LogP contribution in [0.1, 0.15) is 39.9 Å². The van der Waals surface area contributed by atoms with E-state index < -0.39 is 12.1 Å². The predicted octanol–water partition coefficient (Wildman–Crippen LogP) is 1.13. The summed E-state index contributed by atoms with van der Waals surface area (Å²) in [5.74, 6) is 0.376. The fraction of sp³-hybridized carbons (Fsp3) is 0.600. The lowest BCUT2D eigenvalue weighted by atomic mass is 9.83. The van der Waals surface area contributed by atoms with Crippen LogP contribution in [0.4, 0.5) is 0 Å². The quantitative estimate of drug-likeness (QED) is 0.905. The van der Waals surface area contributed by atoms with Gasteiger partial charge in [-0.1, -0.05) is 27.7 Å². The molecule has 1 aromatic rings. The summed E-state index contributed by atoms with van der Waals surface area (Å²) < 4.78 is 0. The number of hydrogen-bond donors (Lipinski definition) is 1. The van der Waals surface area contributed by atoms with Gasteiger partial charge in [0.25, 0.3) is 0 Å². The van der Waals surface area contributed by atoms with Crippen molar-refractivity contribution in [2.45, 2.75) is 52.7 Å². The molecule has 0 saturated carbocycles. The number of amides is 2. The van der Waals surface area contributed by atoms with E-state index in [0.29, 0.717) is 12.2 Å². The van der Waals surface area contributed by atoms with Crippen molar-refractivity contribution in [2.75, 3.05) is 0 Å². The second-order valence-electron chi connectivity index (χ2n) is 6.36. The highest BCUT2D eigenvalue weighted by Gasteiger charge is 2.44. The zero-order chi connectivity index (χ0) is 15.6. The third-order valence-corrected chi connectivity index (χ3v) is 3.68. The first-order valence-electron chi connectivity index (χ1n) is 7.21. The van der Waals surface area contributed by atoms with Gasteiger partial charge in [-0.25, -0.2) is 9.97 Å². The highest BCUT2D eigenvalue weighted by Crippen LogP contribution is 2.26. The Morgan fingerprint density at radius 2 is 1.86 bits per heavy atom. The fourth-order valence-corrected chi connectivity index (χ4v) is 2.51. The molecule has 0 spiro atoms. The lowest BCUT2D eigenvalue weighted by Gasteiger charge is -2.42. The van der Waals surface area contributed by atoms with E-state index >= 15 is 0 Å². The van der Waals surface area contributed by atoms with Crippen LogP contribution in [0, 0.1) is 5.41 Å². The van der Waals surface area contributed by atoms with Crippen LogP contribution < -0.4 is 5.32 Å². The maximum absolute atomic E-state index is 12.7. The summed E-state index contributed by atoms with van der Waals surface area (Å²) in [6.07, 6.45) is 3.85. The number of rotatable bonds is 3. The van der Waals surface area contributed by atoms with Gasteiger partial charge in [0.15, 0.2) is 0 Å². The smallest absolute Gasteiger partial charge is 0.246 e. The first-order chi connectivity index (χ1) is 9.84. The monoisotopic (exact) mass is 290 g/mol. The minimum absolute atomic E-state index is 0.0681. The molecule has 6 nitrogen and oxygen atoms in total. The van der Waals surface area contributed by atoms with Gasteiger partial charge < -0.3 is 10.2 Å². The van der Waals surface area contributed by atoms with Crippen molar-refractivity contribution in [3.63, 3.8) is 0 Å². The zero-order valence-corrected chi connectivity index (χ0v) is 13.0. The molecule has 1 aliphatic rings. The summed E-state index contributed by atoms with van der Waals surface area (Å²) in [5.41, 5.74) is -0.332. The molecule has 21 heavy (non-hydrogen) atoms. The van der Waals surface area contributed by atoms with Crippen molar-refractivity contribution in [3.8, 4) is 0 Å². The van der Waals surface area contributed by atoms with Gasteiger partial charge in [-0.05, 0) is 17.9 Å². The van der Waals surface area contributed by atoms with Crippen molar-refractivity contribution in [1.29, 1.82) is 0 Å². The maximum Gasteiger partial charge on any atom is 0.246 e. The molecular formula is C15H22N4O2. The van der Waals surface area contributed by atoms with E-state index in [1.54, 1.807) is 23.4 Å². The second kappa shape index (κ2) is 5.79. The Balaban J connectivity index is 2.29. The Kier molecular flexibility index (Phi) is 4.25. The average molecular weight is 290 g/mol. The van der Waals surface area contributed by atoms with Gasteiger partial charge in [-0.2, -0.15) is 0 Å². The highest BCUT2D eigenvalue weighted by molar-refractivity contribution is 5.97. The van der Waals surface area contributed by atoms with Crippen LogP contribution in [0.2, 0.25) is 0 Å². The van der Waals surface area contributed by atoms with Crippen LogP contribution in [0.25, 0.3) is 0 Å². The summed E-state index contributed by atoms with van der Waals surface area (Å²) in [4.78, 5) is 34.9. The van der Waals surface area contributed by atoms with E-state index in [9.17, 15) is 9.59 Å². The molecule has 1 saturated heterocycles. The number of carbonyl (C=O) groups is 2. The van der Waals surface area contributed by atoms with Crippen molar-refractivity contribution in [1.82, 2.24) is 20.2 Å². The largest absolute Gasteiger partial charge is 0.342 e. The summed E-state index contributed by atoms with van der Waals surface area (Å²) in [5, 5.41) is 2.85. The van der Waals surface area contributed by atoms with Crippen LogP contribution in [-0.2, 0) is 16.1 Å². The highest BCUT2D eigenvalue weighted by atomic mass is 16.2. The normalized spacial score (nSPS) is 23.1. The van der Waals surface area contributed by atoms with E-state index in [4.69, 9.17) is 0 Å². The van der Waals surface area contributed by atoms with Gasteiger partial charge in [-0.3, -0.25) is 9.59 Å². The Bertz CT molecular complexity index is 524. The van der Waals surface area contributed by atoms with Crippen molar-refractivity contribution in [3.05, 3.63) is 24.3 Å². The Morgan fingerprint density at radius 3 is 2.38 bits per heavy atom. The molecule has 2 rings (SSSR count). The van der Waals surface area contributed by atoms with Crippen LogP contribution in [-0.4, -0.2) is 38.8 Å². The van der Waals surface area contributed by atoms with Gasteiger partial charge in [0.1, 0.15) is 17.9 Å². The van der Waals surface area contributed by atoms with E-state index in [1.807, 2.05) is 27.7 Å². The van der Waals surface area contributed by atoms with Crippen LogP contribution in [0.5, 0.6) is 0 Å². The van der Waals surface area contributed by atoms with E-state index in [1.165, 1.54) is 0 Å². The van der Waals surface area contributed by atoms with E-state index in [-0.39, 0.29) is 23.8 Å². The predicted molar refractivity (Wildman–Crippen MR) is 78.0 cm³/mol.